The minimum Gasteiger partial charge on any atom is -0.488 e. The van der Waals surface area contributed by atoms with E-state index in [-0.39, 0.29) is 30.1 Å². The highest BCUT2D eigenvalue weighted by molar-refractivity contribution is 14.0. The Hall–Kier alpha value is -1.76. The van der Waals surface area contributed by atoms with E-state index in [9.17, 15) is 0 Å². The number of rotatable bonds is 4. The zero-order valence-electron chi connectivity index (χ0n) is 13.2. The van der Waals surface area contributed by atoms with Gasteiger partial charge in [-0.2, -0.15) is 0 Å². The van der Waals surface area contributed by atoms with Crippen molar-refractivity contribution < 1.29 is 4.74 Å². The number of para-hydroxylation sites is 1. The second-order valence-corrected chi connectivity index (χ2v) is 5.34. The number of guanidine groups is 1. The van der Waals surface area contributed by atoms with E-state index in [4.69, 9.17) is 4.74 Å². The first kappa shape index (κ1) is 17.6. The molecule has 3 rings (SSSR count). The molecule has 0 radical (unpaired) electrons. The Bertz CT molecular complexity index is 621. The van der Waals surface area contributed by atoms with Crippen LogP contribution in [0.3, 0.4) is 0 Å². The number of hydrogen-bond acceptors (Lipinski definition) is 2. The minimum absolute atomic E-state index is 0. The summed E-state index contributed by atoms with van der Waals surface area (Å²) in [5.41, 5.74) is 2.51. The first-order valence-corrected chi connectivity index (χ1v) is 7.58. The van der Waals surface area contributed by atoms with Crippen molar-refractivity contribution >= 4 is 29.9 Å². The third-order valence-corrected chi connectivity index (χ3v) is 3.74. The number of halogens is 1. The van der Waals surface area contributed by atoms with Crippen LogP contribution in [0.25, 0.3) is 0 Å². The maximum absolute atomic E-state index is 5.92. The van der Waals surface area contributed by atoms with E-state index in [1.54, 1.807) is 7.05 Å². The van der Waals surface area contributed by atoms with Gasteiger partial charge in [0.2, 0.25) is 0 Å². The van der Waals surface area contributed by atoms with Gasteiger partial charge in [0, 0.05) is 20.0 Å². The van der Waals surface area contributed by atoms with Crippen LogP contribution in [0.4, 0.5) is 0 Å². The summed E-state index contributed by atoms with van der Waals surface area (Å²) in [5, 5.41) is 6.64. The Balaban J connectivity index is 0.00000192. The largest absolute Gasteiger partial charge is 0.488 e. The Morgan fingerprint density at radius 2 is 1.83 bits per heavy atom. The molecular formula is C18H22IN3O. The van der Waals surface area contributed by atoms with Crippen LogP contribution in [0.2, 0.25) is 0 Å². The molecule has 1 atom stereocenters. The van der Waals surface area contributed by atoms with E-state index in [0.717, 1.165) is 31.2 Å². The number of nitrogens with zero attached hydrogens (tertiary/aromatic N) is 1. The van der Waals surface area contributed by atoms with Crippen LogP contribution in [0.15, 0.2) is 59.6 Å². The standard InChI is InChI=1S/C18H21N3O.HI/c1-19-18(20-12-14-7-3-2-4-8-14)21-13-16-11-15-9-5-6-10-17(15)22-16;/h2-10,16H,11-13H2,1H3,(H2,19,20,21);1H. The van der Waals surface area contributed by atoms with E-state index in [1.165, 1.54) is 11.1 Å². The van der Waals surface area contributed by atoms with Crippen molar-refractivity contribution in [2.75, 3.05) is 13.6 Å². The van der Waals surface area contributed by atoms with E-state index >= 15 is 0 Å². The molecule has 1 unspecified atom stereocenters. The van der Waals surface area contributed by atoms with Gasteiger partial charge in [-0.05, 0) is 17.2 Å². The molecule has 2 aromatic rings. The van der Waals surface area contributed by atoms with Crippen LogP contribution in [0.5, 0.6) is 5.75 Å². The van der Waals surface area contributed by atoms with Gasteiger partial charge in [0.05, 0.1) is 6.54 Å². The summed E-state index contributed by atoms with van der Waals surface area (Å²) < 4.78 is 5.92. The van der Waals surface area contributed by atoms with Crippen LogP contribution in [0.1, 0.15) is 11.1 Å². The van der Waals surface area contributed by atoms with Crippen molar-refractivity contribution in [2.24, 2.45) is 4.99 Å². The maximum Gasteiger partial charge on any atom is 0.191 e. The number of fused-ring (bicyclic) bond motifs is 1. The van der Waals surface area contributed by atoms with E-state index < -0.39 is 0 Å². The highest BCUT2D eigenvalue weighted by Gasteiger charge is 2.22. The molecule has 0 aliphatic carbocycles. The van der Waals surface area contributed by atoms with Crippen molar-refractivity contribution in [3.63, 3.8) is 0 Å². The first-order valence-electron chi connectivity index (χ1n) is 7.58. The van der Waals surface area contributed by atoms with Crippen molar-refractivity contribution in [1.29, 1.82) is 0 Å². The molecule has 1 aliphatic rings. The normalized spacial score (nSPS) is 16.0. The molecule has 2 aromatic carbocycles. The monoisotopic (exact) mass is 423 g/mol. The van der Waals surface area contributed by atoms with E-state index in [0.29, 0.717) is 0 Å². The predicted octanol–water partition coefficient (Wildman–Crippen LogP) is 2.97. The summed E-state index contributed by atoms with van der Waals surface area (Å²) in [6, 6.07) is 18.5. The molecule has 122 valence electrons. The van der Waals surface area contributed by atoms with Gasteiger partial charge in [0.25, 0.3) is 0 Å². The summed E-state index contributed by atoms with van der Waals surface area (Å²) in [4.78, 5) is 4.25. The molecule has 0 bridgehead atoms. The highest BCUT2D eigenvalue weighted by atomic mass is 127. The van der Waals surface area contributed by atoms with E-state index in [1.807, 2.05) is 30.3 Å². The van der Waals surface area contributed by atoms with E-state index in [2.05, 4.69) is 39.9 Å². The van der Waals surface area contributed by atoms with Gasteiger partial charge < -0.3 is 15.4 Å². The molecule has 0 saturated heterocycles. The molecule has 23 heavy (non-hydrogen) atoms. The van der Waals surface area contributed by atoms with Crippen LogP contribution < -0.4 is 15.4 Å². The maximum atomic E-state index is 5.92. The SMILES string of the molecule is CN=C(NCc1ccccc1)NCC1Cc2ccccc2O1.I. The van der Waals surface area contributed by atoms with Crippen molar-refractivity contribution in [3.8, 4) is 5.75 Å². The number of aliphatic imine (C=N–C) groups is 1. The van der Waals surface area contributed by atoms with Crippen molar-refractivity contribution in [3.05, 3.63) is 65.7 Å². The first-order chi connectivity index (χ1) is 10.8. The van der Waals surface area contributed by atoms with Crippen LogP contribution in [0, 0.1) is 0 Å². The smallest absolute Gasteiger partial charge is 0.191 e. The molecule has 4 nitrogen and oxygen atoms in total. The topological polar surface area (TPSA) is 45.7 Å². The number of nitrogens with one attached hydrogen (secondary N) is 2. The molecule has 0 spiro atoms. The Kier molecular flexibility index (Phi) is 6.70. The number of hydrogen-bond donors (Lipinski definition) is 2. The minimum atomic E-state index is 0. The molecule has 0 aromatic heterocycles. The molecule has 0 fully saturated rings. The van der Waals surface area contributed by atoms with Gasteiger partial charge in [0.15, 0.2) is 5.96 Å². The Labute approximate surface area is 154 Å². The van der Waals surface area contributed by atoms with Gasteiger partial charge in [-0.25, -0.2) is 0 Å². The Morgan fingerprint density at radius 1 is 1.09 bits per heavy atom. The molecule has 1 heterocycles. The van der Waals surface area contributed by atoms with Gasteiger partial charge in [0.1, 0.15) is 11.9 Å². The fourth-order valence-corrected chi connectivity index (χ4v) is 2.58. The quantitative estimate of drug-likeness (QED) is 0.452. The molecule has 1 aliphatic heterocycles. The highest BCUT2D eigenvalue weighted by Crippen LogP contribution is 2.27. The second-order valence-electron chi connectivity index (χ2n) is 5.34. The summed E-state index contributed by atoms with van der Waals surface area (Å²) >= 11 is 0. The summed E-state index contributed by atoms with van der Waals surface area (Å²) in [6.45, 7) is 1.50. The third-order valence-electron chi connectivity index (χ3n) is 3.74. The Morgan fingerprint density at radius 3 is 2.57 bits per heavy atom. The lowest BCUT2D eigenvalue weighted by Gasteiger charge is -2.15. The van der Waals surface area contributed by atoms with Crippen LogP contribution in [-0.2, 0) is 13.0 Å². The lowest BCUT2D eigenvalue weighted by Crippen LogP contribution is -2.41. The van der Waals surface area contributed by atoms with Gasteiger partial charge in [-0.3, -0.25) is 4.99 Å². The van der Waals surface area contributed by atoms with Crippen molar-refractivity contribution in [1.82, 2.24) is 10.6 Å². The fourth-order valence-electron chi connectivity index (χ4n) is 2.58. The van der Waals surface area contributed by atoms with Gasteiger partial charge in [-0.1, -0.05) is 48.5 Å². The van der Waals surface area contributed by atoms with Crippen LogP contribution in [-0.4, -0.2) is 25.7 Å². The number of ether oxygens (including phenoxy) is 1. The molecular weight excluding hydrogens is 401 g/mol. The zero-order chi connectivity index (χ0) is 15.2. The average molecular weight is 423 g/mol. The lowest BCUT2D eigenvalue weighted by atomic mass is 10.1. The van der Waals surface area contributed by atoms with Crippen LogP contribution >= 0.6 is 24.0 Å². The summed E-state index contributed by atoms with van der Waals surface area (Å²) in [5.74, 6) is 1.80. The van der Waals surface area contributed by atoms with Crippen molar-refractivity contribution in [2.45, 2.75) is 19.1 Å². The number of benzene rings is 2. The van der Waals surface area contributed by atoms with Gasteiger partial charge in [-0.15, -0.1) is 24.0 Å². The summed E-state index contributed by atoms with van der Waals surface area (Å²) in [7, 11) is 1.78. The average Bonchev–Trinajstić information content (AvgIpc) is 2.99. The zero-order valence-corrected chi connectivity index (χ0v) is 15.5. The fraction of sp³-hybridized carbons (Fsp3) is 0.278. The second kappa shape index (κ2) is 8.76. The molecule has 5 heteroatoms. The summed E-state index contributed by atoms with van der Waals surface area (Å²) in [6.07, 6.45) is 1.10. The molecule has 0 amide bonds. The van der Waals surface area contributed by atoms with Gasteiger partial charge >= 0.3 is 0 Å². The molecule has 2 N–H and O–H groups in total. The lowest BCUT2D eigenvalue weighted by molar-refractivity contribution is 0.235. The predicted molar refractivity (Wildman–Crippen MR) is 105 cm³/mol. The molecule has 0 saturated carbocycles. The third kappa shape index (κ3) is 4.86.